The zero-order valence-corrected chi connectivity index (χ0v) is 11.3. The number of hydrogen-bond donors (Lipinski definition) is 1. The minimum absolute atomic E-state index is 0.0763. The Hall–Kier alpha value is -0.120. The highest BCUT2D eigenvalue weighted by Gasteiger charge is 2.30. The summed E-state index contributed by atoms with van der Waals surface area (Å²) in [5.74, 6) is 0. The molecule has 0 aromatic rings. The Morgan fingerprint density at radius 2 is 2.00 bits per heavy atom. The quantitative estimate of drug-likeness (QED) is 0.800. The maximum atomic E-state index is 6.53. The molecule has 0 aromatic heterocycles. The van der Waals surface area contributed by atoms with Crippen LogP contribution in [0.25, 0.3) is 0 Å². The molecule has 0 bridgehead atoms. The van der Waals surface area contributed by atoms with E-state index in [1.165, 1.54) is 44.9 Å². The molecule has 1 heterocycles. The van der Waals surface area contributed by atoms with Crippen molar-refractivity contribution in [2.24, 2.45) is 5.73 Å². The highest BCUT2D eigenvalue weighted by molar-refractivity contribution is 4.90. The molecule has 2 aliphatic rings. The van der Waals surface area contributed by atoms with Gasteiger partial charge in [0, 0.05) is 25.2 Å². The molecule has 3 heteroatoms. The SMILES string of the molecule is CCN(CC1CCCO1)CC1(N)CCCCC1. The number of likely N-dealkylation sites (N-methyl/N-ethyl adjacent to an activating group) is 1. The second kappa shape index (κ2) is 6.17. The molecule has 0 spiro atoms. The molecule has 1 saturated heterocycles. The van der Waals surface area contributed by atoms with Gasteiger partial charge in [-0.2, -0.15) is 0 Å². The van der Waals surface area contributed by atoms with Crippen molar-refractivity contribution in [1.29, 1.82) is 0 Å². The van der Waals surface area contributed by atoms with E-state index in [2.05, 4.69) is 11.8 Å². The first-order valence-electron chi connectivity index (χ1n) is 7.35. The van der Waals surface area contributed by atoms with E-state index in [9.17, 15) is 0 Å². The van der Waals surface area contributed by atoms with Crippen LogP contribution < -0.4 is 5.73 Å². The molecule has 0 radical (unpaired) electrons. The van der Waals surface area contributed by atoms with Crippen LogP contribution in [-0.2, 0) is 4.74 Å². The zero-order chi connectivity index (χ0) is 12.1. The molecule has 1 atom stereocenters. The van der Waals surface area contributed by atoms with Gasteiger partial charge in [0.05, 0.1) is 6.10 Å². The lowest BCUT2D eigenvalue weighted by Crippen LogP contribution is -2.52. The van der Waals surface area contributed by atoms with E-state index >= 15 is 0 Å². The van der Waals surface area contributed by atoms with Gasteiger partial charge in [-0.3, -0.25) is 4.90 Å². The van der Waals surface area contributed by atoms with E-state index in [0.717, 1.165) is 26.2 Å². The fourth-order valence-corrected chi connectivity index (χ4v) is 3.24. The van der Waals surface area contributed by atoms with E-state index in [0.29, 0.717) is 6.10 Å². The molecular formula is C14H28N2O. The predicted molar refractivity (Wildman–Crippen MR) is 71.1 cm³/mol. The lowest BCUT2D eigenvalue weighted by molar-refractivity contribution is 0.0628. The summed E-state index contributed by atoms with van der Waals surface area (Å²) in [5, 5.41) is 0. The van der Waals surface area contributed by atoms with E-state index < -0.39 is 0 Å². The summed E-state index contributed by atoms with van der Waals surface area (Å²) in [6.45, 7) is 6.43. The van der Waals surface area contributed by atoms with E-state index in [4.69, 9.17) is 10.5 Å². The Balaban J connectivity index is 1.80. The number of ether oxygens (including phenoxy) is 1. The van der Waals surface area contributed by atoms with Gasteiger partial charge in [0.15, 0.2) is 0 Å². The van der Waals surface area contributed by atoms with Gasteiger partial charge in [-0.15, -0.1) is 0 Å². The van der Waals surface area contributed by atoms with Gasteiger partial charge in [0.25, 0.3) is 0 Å². The molecule has 2 N–H and O–H groups in total. The first kappa shape index (κ1) is 13.3. The van der Waals surface area contributed by atoms with Crippen molar-refractivity contribution in [3.63, 3.8) is 0 Å². The van der Waals surface area contributed by atoms with Crippen LogP contribution in [0.1, 0.15) is 51.9 Å². The van der Waals surface area contributed by atoms with E-state index in [1.807, 2.05) is 0 Å². The van der Waals surface area contributed by atoms with Crippen LogP contribution in [-0.4, -0.2) is 42.8 Å². The molecule has 2 fully saturated rings. The summed E-state index contributed by atoms with van der Waals surface area (Å²) in [7, 11) is 0. The minimum Gasteiger partial charge on any atom is -0.377 e. The van der Waals surface area contributed by atoms with Crippen LogP contribution >= 0.6 is 0 Å². The fraction of sp³-hybridized carbons (Fsp3) is 1.00. The van der Waals surface area contributed by atoms with Crippen molar-refractivity contribution in [3.05, 3.63) is 0 Å². The van der Waals surface area contributed by atoms with Gasteiger partial charge in [0.1, 0.15) is 0 Å². The third kappa shape index (κ3) is 3.94. The van der Waals surface area contributed by atoms with Crippen molar-refractivity contribution in [3.8, 4) is 0 Å². The van der Waals surface area contributed by atoms with Crippen LogP contribution in [0.3, 0.4) is 0 Å². The topological polar surface area (TPSA) is 38.5 Å². The highest BCUT2D eigenvalue weighted by atomic mass is 16.5. The Morgan fingerprint density at radius 1 is 1.24 bits per heavy atom. The van der Waals surface area contributed by atoms with Crippen molar-refractivity contribution >= 4 is 0 Å². The molecule has 2 rings (SSSR count). The second-order valence-corrected chi connectivity index (χ2v) is 5.89. The van der Waals surface area contributed by atoms with Gasteiger partial charge >= 0.3 is 0 Å². The van der Waals surface area contributed by atoms with Crippen LogP contribution in [0.4, 0.5) is 0 Å². The first-order chi connectivity index (χ1) is 8.22. The van der Waals surface area contributed by atoms with Gasteiger partial charge in [-0.25, -0.2) is 0 Å². The minimum atomic E-state index is 0.0763. The average Bonchev–Trinajstić information content (AvgIpc) is 2.81. The summed E-state index contributed by atoms with van der Waals surface area (Å²) < 4.78 is 5.72. The van der Waals surface area contributed by atoms with Crippen LogP contribution in [0.15, 0.2) is 0 Å². The standard InChI is InChI=1S/C14H28N2O/c1-2-16(11-13-7-6-10-17-13)12-14(15)8-4-3-5-9-14/h13H,2-12,15H2,1H3. The van der Waals surface area contributed by atoms with E-state index in [1.54, 1.807) is 0 Å². The normalized spacial score (nSPS) is 28.8. The maximum Gasteiger partial charge on any atom is 0.0702 e. The molecule has 1 aliphatic heterocycles. The summed E-state index contributed by atoms with van der Waals surface area (Å²) in [4.78, 5) is 2.50. The second-order valence-electron chi connectivity index (χ2n) is 5.89. The Morgan fingerprint density at radius 3 is 2.59 bits per heavy atom. The molecule has 1 saturated carbocycles. The Kier molecular flexibility index (Phi) is 4.83. The lowest BCUT2D eigenvalue weighted by Gasteiger charge is -2.38. The van der Waals surface area contributed by atoms with Gasteiger partial charge < -0.3 is 10.5 Å². The summed E-state index contributed by atoms with van der Waals surface area (Å²) in [6, 6.07) is 0. The first-order valence-corrected chi connectivity index (χ1v) is 7.35. The van der Waals surface area contributed by atoms with Gasteiger partial charge in [-0.1, -0.05) is 26.2 Å². The van der Waals surface area contributed by atoms with Crippen molar-refractivity contribution in [2.75, 3.05) is 26.2 Å². The van der Waals surface area contributed by atoms with Crippen LogP contribution in [0.2, 0.25) is 0 Å². The fourth-order valence-electron chi connectivity index (χ4n) is 3.24. The molecule has 100 valence electrons. The third-order valence-electron chi connectivity index (χ3n) is 4.32. The number of nitrogens with zero attached hydrogens (tertiary/aromatic N) is 1. The Labute approximate surface area is 106 Å². The highest BCUT2D eigenvalue weighted by Crippen LogP contribution is 2.27. The molecular weight excluding hydrogens is 212 g/mol. The van der Waals surface area contributed by atoms with Crippen LogP contribution in [0, 0.1) is 0 Å². The molecule has 3 nitrogen and oxygen atoms in total. The summed E-state index contributed by atoms with van der Waals surface area (Å²) in [6.07, 6.45) is 9.33. The number of nitrogens with two attached hydrogens (primary N) is 1. The maximum absolute atomic E-state index is 6.53. The van der Waals surface area contributed by atoms with Crippen LogP contribution in [0.5, 0.6) is 0 Å². The molecule has 1 aliphatic carbocycles. The van der Waals surface area contributed by atoms with Crippen molar-refractivity contribution in [2.45, 2.75) is 63.5 Å². The number of rotatable bonds is 5. The number of hydrogen-bond acceptors (Lipinski definition) is 3. The van der Waals surface area contributed by atoms with Crippen molar-refractivity contribution < 1.29 is 4.74 Å². The van der Waals surface area contributed by atoms with Crippen molar-refractivity contribution in [1.82, 2.24) is 4.90 Å². The van der Waals surface area contributed by atoms with E-state index in [-0.39, 0.29) is 5.54 Å². The predicted octanol–water partition coefficient (Wildman–Crippen LogP) is 2.15. The summed E-state index contributed by atoms with van der Waals surface area (Å²) in [5.41, 5.74) is 6.60. The molecule has 1 unspecified atom stereocenters. The third-order valence-corrected chi connectivity index (χ3v) is 4.32. The van der Waals surface area contributed by atoms with Gasteiger partial charge in [0.2, 0.25) is 0 Å². The summed E-state index contributed by atoms with van der Waals surface area (Å²) >= 11 is 0. The molecule has 0 amide bonds. The van der Waals surface area contributed by atoms with Gasteiger partial charge in [-0.05, 0) is 32.2 Å². The largest absolute Gasteiger partial charge is 0.377 e. The lowest BCUT2D eigenvalue weighted by atomic mass is 9.82. The monoisotopic (exact) mass is 240 g/mol. The Bertz CT molecular complexity index is 220. The molecule has 0 aromatic carbocycles. The zero-order valence-electron chi connectivity index (χ0n) is 11.3. The molecule has 17 heavy (non-hydrogen) atoms. The smallest absolute Gasteiger partial charge is 0.0702 e. The average molecular weight is 240 g/mol.